The van der Waals surface area contributed by atoms with Gasteiger partial charge in [0.15, 0.2) is 0 Å². The molecule has 1 aromatic heterocycles. The summed E-state index contributed by atoms with van der Waals surface area (Å²) in [6, 6.07) is 2.51. The van der Waals surface area contributed by atoms with Crippen molar-refractivity contribution in [3.63, 3.8) is 0 Å². The van der Waals surface area contributed by atoms with Crippen molar-refractivity contribution in [3.05, 3.63) is 23.0 Å². The van der Waals surface area contributed by atoms with Crippen molar-refractivity contribution >= 4 is 18.3 Å². The monoisotopic (exact) mass is 329 g/mol. The van der Waals surface area contributed by atoms with Crippen LogP contribution in [0, 0.1) is 19.8 Å². The molecule has 0 saturated carbocycles. The van der Waals surface area contributed by atoms with Gasteiger partial charge in [0.05, 0.1) is 5.56 Å². The Morgan fingerprint density at radius 1 is 1.27 bits per heavy atom. The van der Waals surface area contributed by atoms with Crippen LogP contribution < -0.4 is 5.73 Å². The van der Waals surface area contributed by atoms with E-state index in [-0.39, 0.29) is 24.4 Å². The van der Waals surface area contributed by atoms with Gasteiger partial charge in [-0.2, -0.15) is 0 Å². The third kappa shape index (κ3) is 4.75. The molecule has 0 aromatic carbocycles. The van der Waals surface area contributed by atoms with Crippen molar-refractivity contribution < 1.29 is 4.79 Å². The summed E-state index contributed by atoms with van der Waals surface area (Å²) in [5.41, 5.74) is 9.05. The number of aromatic nitrogens is 1. The van der Waals surface area contributed by atoms with Gasteiger partial charge in [-0.1, -0.05) is 13.8 Å². The predicted molar refractivity (Wildman–Crippen MR) is 95.9 cm³/mol. The van der Waals surface area contributed by atoms with E-state index in [9.17, 15) is 4.79 Å². The molecule has 2 N–H and O–H groups in total. The first-order valence-corrected chi connectivity index (χ1v) is 7.86. The van der Waals surface area contributed by atoms with Crippen LogP contribution in [-0.2, 0) is 0 Å². The zero-order valence-corrected chi connectivity index (χ0v) is 15.8. The first-order valence-electron chi connectivity index (χ1n) is 7.86. The van der Waals surface area contributed by atoms with Crippen molar-refractivity contribution in [1.29, 1.82) is 0 Å². The van der Waals surface area contributed by atoms with Crippen LogP contribution >= 0.6 is 12.4 Å². The average Bonchev–Trinajstić information content (AvgIpc) is 2.69. The number of carbonyl (C=O) groups excluding carboxylic acids is 1. The normalized spacial score (nSPS) is 12.5. The summed E-state index contributed by atoms with van der Waals surface area (Å²) in [6.07, 6.45) is 0.836. The van der Waals surface area contributed by atoms with Gasteiger partial charge in [-0.15, -0.1) is 12.4 Å². The molecule has 1 rings (SSSR count). The Morgan fingerprint density at radius 2 is 1.82 bits per heavy atom. The first kappa shape index (κ1) is 21.0. The molecule has 1 amide bonds. The number of aryl methyl sites for hydroxylation is 1. The maximum absolute atomic E-state index is 12.6. The fourth-order valence-corrected chi connectivity index (χ4v) is 2.77. The standard InChI is InChI=1S/C17H31N3O.ClH/c1-11(2)16(18)8-9-19(7)17(21)15-10-13(5)20(12(3)4)14(15)6;/h10-12,16H,8-9,18H2,1-7H3;1H. The average molecular weight is 330 g/mol. The van der Waals surface area contributed by atoms with Gasteiger partial charge >= 0.3 is 0 Å². The minimum atomic E-state index is 0. The SMILES string of the molecule is Cc1cc(C(=O)N(C)CCC(N)C(C)C)c(C)n1C(C)C.Cl. The van der Waals surface area contributed by atoms with Gasteiger partial charge in [-0.05, 0) is 46.1 Å². The third-order valence-corrected chi connectivity index (χ3v) is 4.23. The molecule has 5 heteroatoms. The summed E-state index contributed by atoms with van der Waals surface area (Å²) < 4.78 is 2.21. The maximum Gasteiger partial charge on any atom is 0.255 e. The Morgan fingerprint density at radius 3 is 2.23 bits per heavy atom. The molecule has 0 fully saturated rings. The molecule has 22 heavy (non-hydrogen) atoms. The molecule has 0 aliphatic carbocycles. The lowest BCUT2D eigenvalue weighted by atomic mass is 10.0. The van der Waals surface area contributed by atoms with E-state index in [0.717, 1.165) is 23.4 Å². The Kier molecular flexibility index (Phi) is 8.19. The lowest BCUT2D eigenvalue weighted by molar-refractivity contribution is 0.0788. The predicted octanol–water partition coefficient (Wildman–Crippen LogP) is 3.55. The van der Waals surface area contributed by atoms with E-state index in [1.165, 1.54) is 0 Å². The van der Waals surface area contributed by atoms with E-state index < -0.39 is 0 Å². The number of carbonyl (C=O) groups is 1. The minimum Gasteiger partial charge on any atom is -0.346 e. The van der Waals surface area contributed by atoms with E-state index in [1.807, 2.05) is 20.0 Å². The Labute approximate surface area is 141 Å². The van der Waals surface area contributed by atoms with Crippen LogP contribution in [0.1, 0.15) is 61.9 Å². The smallest absolute Gasteiger partial charge is 0.255 e. The number of amides is 1. The van der Waals surface area contributed by atoms with Gasteiger partial charge < -0.3 is 15.2 Å². The summed E-state index contributed by atoms with van der Waals surface area (Å²) in [7, 11) is 1.86. The Hall–Kier alpha value is -1.000. The Balaban J connectivity index is 0.00000441. The summed E-state index contributed by atoms with van der Waals surface area (Å²) in [6.45, 7) is 13.3. The van der Waals surface area contributed by atoms with Crippen LogP contribution in [0.5, 0.6) is 0 Å². The lowest BCUT2D eigenvalue weighted by Gasteiger charge is -2.22. The van der Waals surface area contributed by atoms with Gasteiger partial charge in [0.2, 0.25) is 0 Å². The van der Waals surface area contributed by atoms with Crippen molar-refractivity contribution in [2.75, 3.05) is 13.6 Å². The third-order valence-electron chi connectivity index (χ3n) is 4.23. The van der Waals surface area contributed by atoms with E-state index in [1.54, 1.807) is 4.90 Å². The van der Waals surface area contributed by atoms with E-state index in [4.69, 9.17) is 5.73 Å². The number of halogens is 1. The van der Waals surface area contributed by atoms with Gasteiger partial charge in [0.25, 0.3) is 5.91 Å². The number of hydrogen-bond donors (Lipinski definition) is 1. The molecule has 4 nitrogen and oxygen atoms in total. The van der Waals surface area contributed by atoms with E-state index in [2.05, 4.69) is 39.2 Å². The number of hydrogen-bond acceptors (Lipinski definition) is 2. The summed E-state index contributed by atoms with van der Waals surface area (Å²) >= 11 is 0. The second kappa shape index (κ2) is 8.59. The number of nitrogens with zero attached hydrogens (tertiary/aromatic N) is 2. The molecule has 1 heterocycles. The molecule has 0 saturated heterocycles. The highest BCUT2D eigenvalue weighted by Crippen LogP contribution is 2.21. The highest BCUT2D eigenvalue weighted by atomic mass is 35.5. The van der Waals surface area contributed by atoms with Crippen LogP contribution in [0.2, 0.25) is 0 Å². The first-order chi connectivity index (χ1) is 9.66. The van der Waals surface area contributed by atoms with Gasteiger partial charge in [0, 0.05) is 37.1 Å². The number of nitrogens with two attached hydrogens (primary N) is 1. The molecule has 1 aromatic rings. The molecular formula is C17H32ClN3O. The van der Waals surface area contributed by atoms with Gasteiger partial charge in [-0.25, -0.2) is 0 Å². The van der Waals surface area contributed by atoms with E-state index in [0.29, 0.717) is 18.5 Å². The van der Waals surface area contributed by atoms with Crippen molar-refractivity contribution in [3.8, 4) is 0 Å². The molecular weight excluding hydrogens is 298 g/mol. The van der Waals surface area contributed by atoms with Crippen LogP contribution in [0.25, 0.3) is 0 Å². The van der Waals surface area contributed by atoms with Crippen molar-refractivity contribution in [1.82, 2.24) is 9.47 Å². The molecule has 0 spiro atoms. The van der Waals surface area contributed by atoms with Gasteiger partial charge in [-0.3, -0.25) is 4.79 Å². The van der Waals surface area contributed by atoms with E-state index >= 15 is 0 Å². The zero-order chi connectivity index (χ0) is 16.3. The molecule has 0 aliphatic rings. The number of rotatable bonds is 6. The molecule has 0 bridgehead atoms. The maximum atomic E-state index is 12.6. The van der Waals surface area contributed by atoms with Crippen LogP contribution in [-0.4, -0.2) is 35.0 Å². The molecule has 0 aliphatic heterocycles. The largest absolute Gasteiger partial charge is 0.346 e. The van der Waals surface area contributed by atoms with Gasteiger partial charge in [0.1, 0.15) is 0 Å². The highest BCUT2D eigenvalue weighted by molar-refractivity contribution is 5.95. The topological polar surface area (TPSA) is 51.3 Å². The minimum absolute atomic E-state index is 0. The Bertz CT molecular complexity index is 494. The second-order valence-electron chi connectivity index (χ2n) is 6.67. The fraction of sp³-hybridized carbons (Fsp3) is 0.706. The van der Waals surface area contributed by atoms with Crippen molar-refractivity contribution in [2.45, 2.75) is 60.0 Å². The fourth-order valence-electron chi connectivity index (χ4n) is 2.77. The summed E-state index contributed by atoms with van der Waals surface area (Å²) in [5, 5.41) is 0. The summed E-state index contributed by atoms with van der Waals surface area (Å²) in [4.78, 5) is 14.4. The molecule has 128 valence electrons. The quantitative estimate of drug-likeness (QED) is 0.867. The second-order valence-corrected chi connectivity index (χ2v) is 6.67. The van der Waals surface area contributed by atoms with Crippen LogP contribution in [0.3, 0.4) is 0 Å². The molecule has 0 radical (unpaired) electrons. The molecule has 1 unspecified atom stereocenters. The van der Waals surface area contributed by atoms with Crippen LogP contribution in [0.4, 0.5) is 0 Å². The van der Waals surface area contributed by atoms with Crippen LogP contribution in [0.15, 0.2) is 6.07 Å². The lowest BCUT2D eigenvalue weighted by Crippen LogP contribution is -2.34. The summed E-state index contributed by atoms with van der Waals surface area (Å²) in [5.74, 6) is 0.533. The zero-order valence-electron chi connectivity index (χ0n) is 15.0. The van der Waals surface area contributed by atoms with Crippen molar-refractivity contribution in [2.24, 2.45) is 11.7 Å². The molecule has 1 atom stereocenters. The highest BCUT2D eigenvalue weighted by Gasteiger charge is 2.20.